The summed E-state index contributed by atoms with van der Waals surface area (Å²) in [5.74, 6) is -0.401. The number of hydrogen-bond donors (Lipinski definition) is 2. The zero-order chi connectivity index (χ0) is 20.4. The van der Waals surface area contributed by atoms with Gasteiger partial charge in [0, 0.05) is 31.4 Å². The smallest absolute Gasteiger partial charge is 0.253 e. The zero-order valence-corrected chi connectivity index (χ0v) is 16.6. The quantitative estimate of drug-likeness (QED) is 0.689. The molecule has 3 fully saturated rings. The van der Waals surface area contributed by atoms with Crippen LogP contribution in [0.2, 0.25) is 0 Å². The van der Waals surface area contributed by atoms with Gasteiger partial charge in [0.15, 0.2) is 0 Å². The van der Waals surface area contributed by atoms with Crippen molar-refractivity contribution in [2.75, 3.05) is 43.1 Å². The van der Waals surface area contributed by atoms with Crippen molar-refractivity contribution < 1.29 is 18.7 Å². The highest BCUT2D eigenvalue weighted by molar-refractivity contribution is 5.97. The fourth-order valence-electron chi connectivity index (χ4n) is 4.08. The van der Waals surface area contributed by atoms with Crippen molar-refractivity contribution >= 4 is 23.2 Å². The molecule has 0 aromatic heterocycles. The molecule has 2 saturated carbocycles. The van der Waals surface area contributed by atoms with Crippen LogP contribution in [0.3, 0.4) is 0 Å². The lowest BCUT2D eigenvalue weighted by Crippen LogP contribution is -2.51. The first kappa shape index (κ1) is 20.3. The Morgan fingerprint density at radius 1 is 1.34 bits per heavy atom. The Kier molecular flexibility index (Phi) is 6.12. The van der Waals surface area contributed by atoms with E-state index in [1.807, 2.05) is 0 Å². The molecule has 1 aromatic rings. The van der Waals surface area contributed by atoms with Gasteiger partial charge in [0.25, 0.3) is 5.91 Å². The second-order valence-corrected chi connectivity index (χ2v) is 8.23. The van der Waals surface area contributed by atoms with Gasteiger partial charge in [0.2, 0.25) is 5.91 Å². The summed E-state index contributed by atoms with van der Waals surface area (Å²) in [5.41, 5.74) is 6.53. The fourth-order valence-corrected chi connectivity index (χ4v) is 4.08. The number of nitrogens with two attached hydrogens (primary N) is 1. The number of rotatable bonds is 8. The normalized spacial score (nSPS) is 21.2. The molecule has 1 heterocycles. The molecular weight excluding hydrogens is 375 g/mol. The van der Waals surface area contributed by atoms with E-state index in [0.717, 1.165) is 19.4 Å². The van der Waals surface area contributed by atoms with Gasteiger partial charge in [-0.1, -0.05) is 6.42 Å². The Morgan fingerprint density at radius 2 is 2.14 bits per heavy atom. The van der Waals surface area contributed by atoms with Crippen molar-refractivity contribution in [3.8, 4) is 0 Å². The summed E-state index contributed by atoms with van der Waals surface area (Å²) >= 11 is 0. The fraction of sp³-hybridized carbons (Fsp3) is 0.619. The maximum atomic E-state index is 14.7. The number of nitrogens with one attached hydrogen (secondary N) is 1. The Labute approximate surface area is 170 Å². The first-order valence-corrected chi connectivity index (χ1v) is 10.5. The highest BCUT2D eigenvalue weighted by Gasteiger charge is 2.38. The van der Waals surface area contributed by atoms with Gasteiger partial charge in [-0.15, -0.1) is 0 Å². The average Bonchev–Trinajstić information content (AvgIpc) is 3.50. The summed E-state index contributed by atoms with van der Waals surface area (Å²) < 4.78 is 19.8. The second kappa shape index (κ2) is 8.77. The van der Waals surface area contributed by atoms with Crippen LogP contribution in [-0.4, -0.2) is 61.6 Å². The monoisotopic (exact) mass is 404 g/mol. The Bertz CT molecular complexity index is 766. The van der Waals surface area contributed by atoms with Crippen LogP contribution in [-0.2, 0) is 14.3 Å². The number of ether oxygens (including phenoxy) is 1. The predicted octanol–water partition coefficient (Wildman–Crippen LogP) is 1.72. The van der Waals surface area contributed by atoms with E-state index in [1.165, 1.54) is 36.3 Å². The summed E-state index contributed by atoms with van der Waals surface area (Å²) in [7, 11) is 0. The summed E-state index contributed by atoms with van der Waals surface area (Å²) in [4.78, 5) is 28.6. The lowest BCUT2D eigenvalue weighted by atomic mass is 9.84. The van der Waals surface area contributed by atoms with Gasteiger partial charge >= 0.3 is 0 Å². The van der Waals surface area contributed by atoms with Gasteiger partial charge < -0.3 is 20.7 Å². The Morgan fingerprint density at radius 3 is 2.72 bits per heavy atom. The molecule has 0 radical (unpaired) electrons. The number of carbonyl (C=O) groups excluding carboxylic acids is 2. The van der Waals surface area contributed by atoms with Gasteiger partial charge in [-0.05, 0) is 49.8 Å². The van der Waals surface area contributed by atoms with Crippen LogP contribution >= 0.6 is 0 Å². The van der Waals surface area contributed by atoms with Crippen LogP contribution < -0.4 is 16.0 Å². The molecule has 3 aliphatic rings. The molecule has 3 N–H and O–H groups in total. The van der Waals surface area contributed by atoms with Crippen LogP contribution in [0.15, 0.2) is 18.2 Å². The van der Waals surface area contributed by atoms with Crippen LogP contribution in [0, 0.1) is 11.7 Å². The third-order valence-electron chi connectivity index (χ3n) is 6.14. The SMILES string of the molecule is NC[C@@H](C(=O)Nc1ccc(N2CCOCC2=O)cc1F)N(CC1CCC1)C1CC1. The Hall–Kier alpha value is -2.03. The first-order valence-electron chi connectivity index (χ1n) is 10.5. The number of hydrogen-bond acceptors (Lipinski definition) is 5. The van der Waals surface area contributed by atoms with Crippen molar-refractivity contribution in [3.63, 3.8) is 0 Å². The lowest BCUT2D eigenvalue weighted by Gasteiger charge is -2.36. The molecule has 1 saturated heterocycles. The average molecular weight is 404 g/mol. The van der Waals surface area contributed by atoms with E-state index in [2.05, 4.69) is 10.2 Å². The molecular formula is C21H29FN4O3. The van der Waals surface area contributed by atoms with Crippen LogP contribution in [0.4, 0.5) is 15.8 Å². The summed E-state index contributed by atoms with van der Waals surface area (Å²) in [6.45, 7) is 1.90. The topological polar surface area (TPSA) is 87.9 Å². The zero-order valence-electron chi connectivity index (χ0n) is 16.6. The molecule has 4 rings (SSSR count). The molecule has 1 atom stereocenters. The lowest BCUT2D eigenvalue weighted by molar-refractivity contribution is -0.125. The van der Waals surface area contributed by atoms with Gasteiger partial charge in [-0.3, -0.25) is 14.5 Å². The minimum absolute atomic E-state index is 0.00369. The van der Waals surface area contributed by atoms with Crippen molar-refractivity contribution in [3.05, 3.63) is 24.0 Å². The van der Waals surface area contributed by atoms with Crippen molar-refractivity contribution in [1.82, 2.24) is 4.90 Å². The molecule has 2 aliphatic carbocycles. The number of carbonyl (C=O) groups is 2. The number of anilines is 2. The maximum Gasteiger partial charge on any atom is 0.253 e. The number of amides is 2. The van der Waals surface area contributed by atoms with Gasteiger partial charge in [0.1, 0.15) is 18.5 Å². The van der Waals surface area contributed by atoms with Crippen molar-refractivity contribution in [2.24, 2.45) is 11.7 Å². The number of morpholine rings is 1. The van der Waals surface area contributed by atoms with Gasteiger partial charge in [0.05, 0.1) is 12.3 Å². The second-order valence-electron chi connectivity index (χ2n) is 8.23. The summed E-state index contributed by atoms with van der Waals surface area (Å²) in [5, 5.41) is 2.71. The number of nitrogens with zero attached hydrogens (tertiary/aromatic N) is 2. The third kappa shape index (κ3) is 4.60. The van der Waals surface area contributed by atoms with Crippen LogP contribution in [0.25, 0.3) is 0 Å². The molecule has 8 heteroatoms. The van der Waals surface area contributed by atoms with E-state index in [-0.39, 0.29) is 30.7 Å². The van der Waals surface area contributed by atoms with Crippen molar-refractivity contribution in [1.29, 1.82) is 0 Å². The van der Waals surface area contributed by atoms with E-state index >= 15 is 0 Å². The largest absolute Gasteiger partial charge is 0.370 e. The van der Waals surface area contributed by atoms with E-state index in [9.17, 15) is 14.0 Å². The Balaban J connectivity index is 1.44. The van der Waals surface area contributed by atoms with E-state index in [4.69, 9.17) is 10.5 Å². The summed E-state index contributed by atoms with van der Waals surface area (Å²) in [6.07, 6.45) is 5.85. The molecule has 1 aliphatic heterocycles. The van der Waals surface area contributed by atoms with Gasteiger partial charge in [-0.25, -0.2) is 4.39 Å². The molecule has 1 aromatic carbocycles. The highest BCUT2D eigenvalue weighted by atomic mass is 19.1. The minimum atomic E-state index is -0.567. The summed E-state index contributed by atoms with van der Waals surface area (Å²) in [6, 6.07) is 4.39. The van der Waals surface area contributed by atoms with Crippen LogP contribution in [0.5, 0.6) is 0 Å². The van der Waals surface area contributed by atoms with Crippen LogP contribution in [0.1, 0.15) is 32.1 Å². The van der Waals surface area contributed by atoms with E-state index in [1.54, 1.807) is 6.07 Å². The molecule has 0 unspecified atom stereocenters. The first-order chi connectivity index (χ1) is 14.1. The highest BCUT2D eigenvalue weighted by Crippen LogP contribution is 2.34. The molecule has 158 valence electrons. The molecule has 29 heavy (non-hydrogen) atoms. The number of benzene rings is 1. The van der Waals surface area contributed by atoms with E-state index in [0.29, 0.717) is 30.8 Å². The molecule has 7 nitrogen and oxygen atoms in total. The minimum Gasteiger partial charge on any atom is -0.370 e. The number of halogens is 1. The molecule has 0 bridgehead atoms. The predicted molar refractivity (Wildman–Crippen MR) is 108 cm³/mol. The van der Waals surface area contributed by atoms with Gasteiger partial charge in [-0.2, -0.15) is 0 Å². The molecule has 2 amide bonds. The maximum absolute atomic E-state index is 14.7. The standard InChI is InChI=1S/C21H29FN4O3/c22-17-10-16(25-8-9-29-13-20(25)27)6-7-18(17)24-21(28)19(11-23)26(15-4-5-15)12-14-2-1-3-14/h6-7,10,14-15,19H,1-5,8-9,11-13,23H2,(H,24,28)/t19-/m0/s1. The third-order valence-corrected chi connectivity index (χ3v) is 6.14. The van der Waals surface area contributed by atoms with E-state index < -0.39 is 11.9 Å². The van der Waals surface area contributed by atoms with Crippen molar-refractivity contribution in [2.45, 2.75) is 44.2 Å². The molecule has 0 spiro atoms.